The SMILES string of the molecule is c1ccc(OCC2C[Se]C(c3ccccc3)=C2c2ccccc2)cc1. The van der Waals surface area contributed by atoms with E-state index in [9.17, 15) is 0 Å². The van der Waals surface area contributed by atoms with E-state index in [0.29, 0.717) is 20.9 Å². The third kappa shape index (κ3) is 3.71. The Morgan fingerprint density at radius 3 is 1.92 bits per heavy atom. The minimum absolute atomic E-state index is 0.456. The van der Waals surface area contributed by atoms with Gasteiger partial charge in [-0.15, -0.1) is 0 Å². The molecular weight excluding hydrogens is 371 g/mol. The zero-order chi connectivity index (χ0) is 16.9. The average Bonchev–Trinajstić information content (AvgIpc) is 3.12. The minimum atomic E-state index is 0.456. The van der Waals surface area contributed by atoms with Gasteiger partial charge >= 0.3 is 155 Å². The van der Waals surface area contributed by atoms with E-state index in [-0.39, 0.29) is 0 Å². The monoisotopic (exact) mass is 392 g/mol. The van der Waals surface area contributed by atoms with Crippen LogP contribution in [-0.4, -0.2) is 21.6 Å². The zero-order valence-electron chi connectivity index (χ0n) is 14.0. The van der Waals surface area contributed by atoms with Gasteiger partial charge in [0.05, 0.1) is 0 Å². The molecule has 0 N–H and O–H groups in total. The van der Waals surface area contributed by atoms with Gasteiger partial charge in [-0.1, -0.05) is 0 Å². The molecule has 0 saturated heterocycles. The standard InChI is InChI=1S/C23H20OSe/c1-4-10-18(11-5-1)22-20(16-24-21-14-8-3-9-15-21)17-25-23(22)19-12-6-2-7-13-19/h1-15,20H,16-17H2. The van der Waals surface area contributed by atoms with Gasteiger partial charge in [0.2, 0.25) is 0 Å². The number of hydrogen-bond acceptors (Lipinski definition) is 1. The molecular formula is C23H20OSe. The van der Waals surface area contributed by atoms with Crippen LogP contribution in [0.5, 0.6) is 5.75 Å². The van der Waals surface area contributed by atoms with Gasteiger partial charge in [0, 0.05) is 0 Å². The van der Waals surface area contributed by atoms with Crippen LogP contribution in [0.25, 0.3) is 10.0 Å². The fourth-order valence-corrected chi connectivity index (χ4v) is 6.07. The number of para-hydroxylation sites is 1. The number of benzene rings is 3. The molecule has 0 bridgehead atoms. The zero-order valence-corrected chi connectivity index (χ0v) is 15.7. The molecule has 1 unspecified atom stereocenters. The first kappa shape index (κ1) is 16.2. The molecule has 3 aromatic carbocycles. The summed E-state index contributed by atoms with van der Waals surface area (Å²) in [6.45, 7) is 0.742. The molecule has 0 fully saturated rings. The summed E-state index contributed by atoms with van der Waals surface area (Å²) < 4.78 is 7.63. The maximum absolute atomic E-state index is 6.10. The topological polar surface area (TPSA) is 9.23 Å². The molecule has 25 heavy (non-hydrogen) atoms. The molecule has 0 radical (unpaired) electrons. The summed E-state index contributed by atoms with van der Waals surface area (Å²) >= 11 is 0.483. The van der Waals surface area contributed by atoms with E-state index < -0.39 is 0 Å². The molecule has 0 aliphatic carbocycles. The van der Waals surface area contributed by atoms with E-state index in [0.717, 1.165) is 12.4 Å². The van der Waals surface area contributed by atoms with E-state index in [2.05, 4.69) is 60.7 Å². The van der Waals surface area contributed by atoms with Crippen LogP contribution in [0.1, 0.15) is 11.1 Å². The molecule has 1 nitrogen and oxygen atoms in total. The van der Waals surface area contributed by atoms with Crippen LogP contribution in [0.3, 0.4) is 0 Å². The van der Waals surface area contributed by atoms with Gasteiger partial charge in [-0.2, -0.15) is 0 Å². The predicted molar refractivity (Wildman–Crippen MR) is 106 cm³/mol. The Balaban J connectivity index is 1.66. The normalized spacial score (nSPS) is 16.9. The van der Waals surface area contributed by atoms with Crippen molar-refractivity contribution in [2.75, 3.05) is 6.61 Å². The van der Waals surface area contributed by atoms with Crippen molar-refractivity contribution in [3.8, 4) is 5.75 Å². The molecule has 1 aliphatic rings. The Hall–Kier alpha value is -2.28. The van der Waals surface area contributed by atoms with Crippen LogP contribution in [0.2, 0.25) is 5.32 Å². The van der Waals surface area contributed by atoms with Crippen LogP contribution in [0, 0.1) is 5.92 Å². The molecule has 0 saturated carbocycles. The summed E-state index contributed by atoms with van der Waals surface area (Å²) in [6.07, 6.45) is 0. The van der Waals surface area contributed by atoms with Gasteiger partial charge in [0.1, 0.15) is 0 Å². The van der Waals surface area contributed by atoms with Crippen molar-refractivity contribution in [3.63, 3.8) is 0 Å². The molecule has 4 rings (SSSR count). The molecule has 1 atom stereocenters. The Morgan fingerprint density at radius 1 is 0.720 bits per heavy atom. The van der Waals surface area contributed by atoms with Gasteiger partial charge in [0.25, 0.3) is 0 Å². The van der Waals surface area contributed by atoms with Crippen molar-refractivity contribution in [2.45, 2.75) is 5.32 Å². The van der Waals surface area contributed by atoms with Crippen LogP contribution < -0.4 is 4.74 Å². The summed E-state index contributed by atoms with van der Waals surface area (Å²) in [4.78, 5) is 0. The average molecular weight is 391 g/mol. The molecule has 3 aromatic rings. The van der Waals surface area contributed by atoms with E-state index in [4.69, 9.17) is 4.74 Å². The Kier molecular flexibility index (Phi) is 5.01. The van der Waals surface area contributed by atoms with Crippen molar-refractivity contribution in [1.29, 1.82) is 0 Å². The van der Waals surface area contributed by atoms with Crippen LogP contribution >= 0.6 is 0 Å². The van der Waals surface area contributed by atoms with Crippen LogP contribution in [0.15, 0.2) is 91.0 Å². The summed E-state index contributed by atoms with van der Waals surface area (Å²) in [5, 5.41) is 1.20. The predicted octanol–water partition coefficient (Wildman–Crippen LogP) is 5.39. The second kappa shape index (κ2) is 7.74. The molecule has 1 aliphatic heterocycles. The maximum atomic E-state index is 6.10. The molecule has 0 aromatic heterocycles. The van der Waals surface area contributed by atoms with E-state index in [1.54, 1.807) is 0 Å². The fraction of sp³-hybridized carbons (Fsp3) is 0.130. The summed E-state index contributed by atoms with van der Waals surface area (Å²) in [5.74, 6) is 1.41. The van der Waals surface area contributed by atoms with Gasteiger partial charge in [-0.3, -0.25) is 0 Å². The van der Waals surface area contributed by atoms with Gasteiger partial charge in [-0.25, -0.2) is 0 Å². The third-order valence-corrected chi connectivity index (χ3v) is 7.15. The Labute approximate surface area is 155 Å². The molecule has 0 spiro atoms. The van der Waals surface area contributed by atoms with Crippen molar-refractivity contribution < 1.29 is 4.74 Å². The summed E-state index contributed by atoms with van der Waals surface area (Å²) in [5.41, 5.74) is 4.17. The summed E-state index contributed by atoms with van der Waals surface area (Å²) in [7, 11) is 0. The molecule has 1 heterocycles. The van der Waals surface area contributed by atoms with Gasteiger partial charge < -0.3 is 0 Å². The molecule has 2 heteroatoms. The first-order valence-corrected chi connectivity index (χ1v) is 10.6. The first-order chi connectivity index (χ1) is 12.4. The molecule has 124 valence electrons. The van der Waals surface area contributed by atoms with Crippen molar-refractivity contribution >= 4 is 25.0 Å². The van der Waals surface area contributed by atoms with E-state index >= 15 is 0 Å². The second-order valence-electron chi connectivity index (χ2n) is 6.11. The Morgan fingerprint density at radius 2 is 1.28 bits per heavy atom. The van der Waals surface area contributed by atoms with Crippen LogP contribution in [-0.2, 0) is 0 Å². The number of rotatable bonds is 5. The van der Waals surface area contributed by atoms with E-state index in [1.807, 2.05) is 30.3 Å². The second-order valence-corrected chi connectivity index (χ2v) is 8.27. The number of ether oxygens (including phenoxy) is 1. The first-order valence-electron chi connectivity index (χ1n) is 8.57. The molecule has 0 amide bonds. The quantitative estimate of drug-likeness (QED) is 0.530. The van der Waals surface area contributed by atoms with E-state index in [1.165, 1.54) is 26.5 Å². The van der Waals surface area contributed by atoms with Crippen LogP contribution in [0.4, 0.5) is 0 Å². The van der Waals surface area contributed by atoms with Gasteiger partial charge in [0.15, 0.2) is 0 Å². The number of hydrogen-bond donors (Lipinski definition) is 0. The van der Waals surface area contributed by atoms with Gasteiger partial charge in [-0.05, 0) is 0 Å². The summed E-state index contributed by atoms with van der Waals surface area (Å²) in [6, 6.07) is 31.8. The van der Waals surface area contributed by atoms with Crippen molar-refractivity contribution in [1.82, 2.24) is 0 Å². The van der Waals surface area contributed by atoms with Crippen molar-refractivity contribution in [3.05, 3.63) is 102 Å². The third-order valence-electron chi connectivity index (χ3n) is 4.40. The van der Waals surface area contributed by atoms with Crippen molar-refractivity contribution in [2.24, 2.45) is 5.92 Å². The fourth-order valence-electron chi connectivity index (χ4n) is 3.19. The Bertz CT molecular complexity index is 841.